The van der Waals surface area contributed by atoms with Crippen molar-refractivity contribution in [2.45, 2.75) is 46.6 Å². The molecule has 0 bridgehead atoms. The molecule has 0 fully saturated rings. The van der Waals surface area contributed by atoms with Crippen LogP contribution >= 0.6 is 11.3 Å². The summed E-state index contributed by atoms with van der Waals surface area (Å²) in [6, 6.07) is 14.2. The lowest BCUT2D eigenvalue weighted by molar-refractivity contribution is 0.303. The Hall–Kier alpha value is -2.07. The number of hydrogen-bond acceptors (Lipinski definition) is 4. The van der Waals surface area contributed by atoms with Crippen LogP contribution in [-0.2, 0) is 0 Å². The SMILES string of the molecule is CC(C)(C)CC(C)(C)Nc1sc(-c2ccccc2)nc1-c1ccco1. The van der Waals surface area contributed by atoms with Crippen molar-refractivity contribution in [2.75, 3.05) is 5.32 Å². The summed E-state index contributed by atoms with van der Waals surface area (Å²) in [5, 5.41) is 5.78. The molecule has 2 heterocycles. The third-order valence-corrected chi connectivity index (χ3v) is 4.85. The van der Waals surface area contributed by atoms with Gasteiger partial charge in [0.2, 0.25) is 0 Å². The van der Waals surface area contributed by atoms with Gasteiger partial charge in [0, 0.05) is 11.1 Å². The van der Waals surface area contributed by atoms with Crippen LogP contribution in [0.3, 0.4) is 0 Å². The fourth-order valence-electron chi connectivity index (χ4n) is 3.37. The average molecular weight is 355 g/mol. The Labute approximate surface area is 154 Å². The van der Waals surface area contributed by atoms with Crippen molar-refractivity contribution in [3.05, 3.63) is 48.7 Å². The van der Waals surface area contributed by atoms with Crippen molar-refractivity contribution < 1.29 is 4.42 Å². The highest BCUT2D eigenvalue weighted by Crippen LogP contribution is 2.41. The maximum absolute atomic E-state index is 5.63. The van der Waals surface area contributed by atoms with E-state index >= 15 is 0 Å². The summed E-state index contributed by atoms with van der Waals surface area (Å²) < 4.78 is 5.63. The van der Waals surface area contributed by atoms with E-state index in [1.165, 1.54) is 0 Å². The molecule has 2 aromatic heterocycles. The number of thiazole rings is 1. The lowest BCUT2D eigenvalue weighted by Crippen LogP contribution is -2.35. The van der Waals surface area contributed by atoms with Gasteiger partial charge in [-0.3, -0.25) is 0 Å². The summed E-state index contributed by atoms with van der Waals surface area (Å²) in [6.45, 7) is 11.3. The van der Waals surface area contributed by atoms with Crippen LogP contribution in [0.1, 0.15) is 41.0 Å². The molecule has 0 aliphatic carbocycles. The maximum atomic E-state index is 5.63. The predicted molar refractivity (Wildman–Crippen MR) is 107 cm³/mol. The average Bonchev–Trinajstić information content (AvgIpc) is 3.14. The minimum Gasteiger partial charge on any atom is -0.463 e. The van der Waals surface area contributed by atoms with Crippen LogP contribution in [-0.4, -0.2) is 10.5 Å². The van der Waals surface area contributed by atoms with Crippen molar-refractivity contribution in [1.29, 1.82) is 0 Å². The molecular weight excluding hydrogens is 328 g/mol. The summed E-state index contributed by atoms with van der Waals surface area (Å²) in [4.78, 5) is 4.87. The van der Waals surface area contributed by atoms with Crippen LogP contribution in [0.4, 0.5) is 5.00 Å². The molecule has 3 nitrogen and oxygen atoms in total. The molecule has 1 N–H and O–H groups in total. The highest BCUT2D eigenvalue weighted by molar-refractivity contribution is 7.19. The molecule has 0 atom stereocenters. The fraction of sp³-hybridized carbons (Fsp3) is 0.381. The summed E-state index contributed by atoms with van der Waals surface area (Å²) in [7, 11) is 0. The Kier molecular flexibility index (Phi) is 4.74. The summed E-state index contributed by atoms with van der Waals surface area (Å²) in [5.41, 5.74) is 2.21. The Morgan fingerprint density at radius 1 is 1.00 bits per heavy atom. The smallest absolute Gasteiger partial charge is 0.155 e. The van der Waals surface area contributed by atoms with Crippen molar-refractivity contribution in [2.24, 2.45) is 5.41 Å². The second-order valence-corrected chi connectivity index (χ2v) is 9.29. The van der Waals surface area contributed by atoms with Gasteiger partial charge in [0.1, 0.15) is 15.7 Å². The van der Waals surface area contributed by atoms with Crippen LogP contribution in [0.25, 0.3) is 22.0 Å². The Bertz CT molecular complexity index is 811. The molecule has 0 saturated carbocycles. The zero-order chi connectivity index (χ0) is 18.1. The Balaban J connectivity index is 1.98. The molecule has 0 aliphatic rings. The second kappa shape index (κ2) is 6.68. The fourth-order valence-corrected chi connectivity index (χ4v) is 4.52. The van der Waals surface area contributed by atoms with Gasteiger partial charge >= 0.3 is 0 Å². The van der Waals surface area contributed by atoms with Crippen molar-refractivity contribution in [3.8, 4) is 22.0 Å². The number of nitrogens with zero attached hydrogens (tertiary/aromatic N) is 1. The molecule has 3 rings (SSSR count). The minimum atomic E-state index is -0.0416. The van der Waals surface area contributed by atoms with Crippen LogP contribution in [0, 0.1) is 5.41 Å². The number of nitrogens with one attached hydrogen (secondary N) is 1. The zero-order valence-electron chi connectivity index (χ0n) is 15.6. The quantitative estimate of drug-likeness (QED) is 0.554. The second-order valence-electron chi connectivity index (χ2n) is 8.29. The van der Waals surface area contributed by atoms with Crippen molar-refractivity contribution >= 4 is 16.3 Å². The summed E-state index contributed by atoms with van der Waals surface area (Å²) >= 11 is 1.68. The maximum Gasteiger partial charge on any atom is 0.155 e. The molecule has 0 spiro atoms. The van der Waals surface area contributed by atoms with Crippen LogP contribution < -0.4 is 5.32 Å². The lowest BCUT2D eigenvalue weighted by atomic mass is 9.82. The molecule has 132 valence electrons. The largest absolute Gasteiger partial charge is 0.463 e. The molecule has 0 radical (unpaired) electrons. The van der Waals surface area contributed by atoms with E-state index in [9.17, 15) is 0 Å². The number of furan rings is 1. The van der Waals surface area contributed by atoms with E-state index in [0.717, 1.165) is 33.4 Å². The zero-order valence-corrected chi connectivity index (χ0v) is 16.4. The molecule has 3 aromatic rings. The molecule has 0 amide bonds. The van der Waals surface area contributed by atoms with Gasteiger partial charge in [0.25, 0.3) is 0 Å². The molecule has 1 aromatic carbocycles. The molecule has 4 heteroatoms. The first-order chi connectivity index (χ1) is 11.7. The van der Waals surface area contributed by atoms with Gasteiger partial charge in [-0.1, -0.05) is 62.4 Å². The first-order valence-corrected chi connectivity index (χ1v) is 9.43. The van der Waals surface area contributed by atoms with Crippen LogP contribution in [0.5, 0.6) is 0 Å². The van der Waals surface area contributed by atoms with E-state index in [4.69, 9.17) is 9.40 Å². The number of aromatic nitrogens is 1. The number of hydrogen-bond donors (Lipinski definition) is 1. The van der Waals surface area contributed by atoms with E-state index in [2.05, 4.69) is 52.1 Å². The van der Waals surface area contributed by atoms with Gasteiger partial charge in [-0.2, -0.15) is 0 Å². The molecule has 0 aliphatic heterocycles. The topological polar surface area (TPSA) is 38.1 Å². The normalized spacial score (nSPS) is 12.4. The number of benzene rings is 1. The summed E-state index contributed by atoms with van der Waals surface area (Å²) in [5.74, 6) is 0.799. The third-order valence-electron chi connectivity index (χ3n) is 3.83. The van der Waals surface area contributed by atoms with Gasteiger partial charge in [-0.05, 0) is 37.8 Å². The standard InChI is InChI=1S/C21H26N2OS/c1-20(2,3)14-21(4,5)23-19-17(16-12-9-13-24-16)22-18(25-19)15-10-7-6-8-11-15/h6-13,23H,14H2,1-5H3. The highest BCUT2D eigenvalue weighted by Gasteiger charge is 2.28. The lowest BCUT2D eigenvalue weighted by Gasteiger charge is -2.33. The number of rotatable bonds is 5. The Morgan fingerprint density at radius 2 is 1.72 bits per heavy atom. The van der Waals surface area contributed by atoms with Gasteiger partial charge < -0.3 is 9.73 Å². The molecule has 0 saturated heterocycles. The van der Waals surface area contributed by atoms with E-state index < -0.39 is 0 Å². The van der Waals surface area contributed by atoms with Crippen molar-refractivity contribution in [3.63, 3.8) is 0 Å². The van der Waals surface area contributed by atoms with Gasteiger partial charge in [-0.15, -0.1) is 0 Å². The monoisotopic (exact) mass is 354 g/mol. The minimum absolute atomic E-state index is 0.0416. The van der Waals surface area contributed by atoms with E-state index in [1.54, 1.807) is 17.6 Å². The number of anilines is 1. The van der Waals surface area contributed by atoms with E-state index in [1.807, 2.05) is 30.3 Å². The van der Waals surface area contributed by atoms with E-state index in [0.29, 0.717) is 0 Å². The van der Waals surface area contributed by atoms with Crippen molar-refractivity contribution in [1.82, 2.24) is 4.98 Å². The Morgan fingerprint density at radius 3 is 2.32 bits per heavy atom. The van der Waals surface area contributed by atoms with Crippen LogP contribution in [0.2, 0.25) is 0 Å². The third kappa shape index (κ3) is 4.51. The molecule has 0 unspecified atom stereocenters. The first-order valence-electron chi connectivity index (χ1n) is 8.62. The van der Waals surface area contributed by atoms with Gasteiger partial charge in [-0.25, -0.2) is 4.98 Å². The van der Waals surface area contributed by atoms with Gasteiger partial charge in [0.15, 0.2) is 5.76 Å². The van der Waals surface area contributed by atoms with Crippen LogP contribution in [0.15, 0.2) is 53.1 Å². The highest BCUT2D eigenvalue weighted by atomic mass is 32.1. The van der Waals surface area contributed by atoms with E-state index in [-0.39, 0.29) is 11.0 Å². The summed E-state index contributed by atoms with van der Waals surface area (Å²) in [6.07, 6.45) is 2.75. The first kappa shape index (κ1) is 17.7. The predicted octanol–water partition coefficient (Wildman–Crippen LogP) is 6.70. The van der Waals surface area contributed by atoms with Gasteiger partial charge in [0.05, 0.1) is 6.26 Å². The molecular formula is C21H26N2OS. The molecule has 25 heavy (non-hydrogen) atoms.